The molecular weight excluding hydrogens is 270 g/mol. The zero-order valence-electron chi connectivity index (χ0n) is 10.7. The molecule has 0 spiro atoms. The predicted molar refractivity (Wildman–Crippen MR) is 67.3 cm³/mol. The Morgan fingerprint density at radius 1 is 1.45 bits per heavy atom. The number of fused-ring (bicyclic) bond motifs is 1. The van der Waals surface area contributed by atoms with E-state index in [2.05, 4.69) is 0 Å². The number of carbonyl (C=O) groups is 1. The first-order valence-electron chi connectivity index (χ1n) is 5.50. The number of furan rings is 1. The first-order chi connectivity index (χ1) is 9.49. The molecule has 0 aliphatic carbocycles. The average molecular weight is 281 g/mol. The lowest BCUT2D eigenvalue weighted by Crippen LogP contribution is -2.01. The smallest absolute Gasteiger partial charge is 0.307 e. The Morgan fingerprint density at radius 2 is 2.15 bits per heavy atom. The maximum Gasteiger partial charge on any atom is 0.307 e. The number of hydrogen-bond acceptors (Lipinski definition) is 6. The third-order valence-corrected chi connectivity index (χ3v) is 2.78. The molecule has 0 radical (unpaired) electrons. The van der Waals surface area contributed by atoms with Crippen molar-refractivity contribution in [1.29, 1.82) is 0 Å². The molecule has 0 saturated carbocycles. The van der Waals surface area contributed by atoms with Gasteiger partial charge in [0.25, 0.3) is 5.69 Å². The standard InChI is InChI=1S/C12H11NO7/c1-18-8-4-7(13(16)17)10-6(3-9(14)15)5-20-12(10)11(8)19-2/h4-5H,3H2,1-2H3,(H,14,15). The number of nitro groups is 1. The Morgan fingerprint density at radius 3 is 2.65 bits per heavy atom. The van der Waals surface area contributed by atoms with Gasteiger partial charge in [0, 0.05) is 5.56 Å². The van der Waals surface area contributed by atoms with E-state index in [-0.39, 0.29) is 40.1 Å². The van der Waals surface area contributed by atoms with Crippen LogP contribution in [0.2, 0.25) is 0 Å². The number of non-ortho nitro benzene ring substituents is 1. The van der Waals surface area contributed by atoms with Gasteiger partial charge < -0.3 is 19.0 Å². The van der Waals surface area contributed by atoms with E-state index in [1.165, 1.54) is 26.5 Å². The Labute approximate surface area is 112 Å². The van der Waals surface area contributed by atoms with Crippen LogP contribution in [0.3, 0.4) is 0 Å². The lowest BCUT2D eigenvalue weighted by molar-refractivity contribution is -0.383. The Bertz CT molecular complexity index is 689. The number of ether oxygens (including phenoxy) is 2. The number of hydrogen-bond donors (Lipinski definition) is 1. The van der Waals surface area contributed by atoms with Crippen molar-refractivity contribution in [2.24, 2.45) is 0 Å². The fourth-order valence-corrected chi connectivity index (χ4v) is 2.00. The van der Waals surface area contributed by atoms with E-state index in [4.69, 9.17) is 19.0 Å². The van der Waals surface area contributed by atoms with Crippen molar-refractivity contribution in [3.05, 3.63) is 28.0 Å². The Balaban J connectivity index is 2.82. The van der Waals surface area contributed by atoms with Gasteiger partial charge in [0.05, 0.1) is 37.9 Å². The third kappa shape index (κ3) is 2.11. The van der Waals surface area contributed by atoms with Crippen LogP contribution < -0.4 is 9.47 Å². The van der Waals surface area contributed by atoms with Crippen molar-refractivity contribution in [3.63, 3.8) is 0 Å². The minimum absolute atomic E-state index is 0.0924. The van der Waals surface area contributed by atoms with Crippen molar-refractivity contribution in [2.75, 3.05) is 14.2 Å². The Kier molecular flexibility index (Phi) is 3.47. The van der Waals surface area contributed by atoms with Crippen molar-refractivity contribution >= 4 is 22.6 Å². The fourth-order valence-electron chi connectivity index (χ4n) is 2.00. The van der Waals surface area contributed by atoms with Crippen LogP contribution in [0.4, 0.5) is 5.69 Å². The summed E-state index contributed by atoms with van der Waals surface area (Å²) in [5.41, 5.74) is 0.0117. The number of aliphatic carboxylic acids is 1. The monoisotopic (exact) mass is 281 g/mol. The highest BCUT2D eigenvalue weighted by Gasteiger charge is 2.26. The summed E-state index contributed by atoms with van der Waals surface area (Å²) in [5, 5.41) is 20.1. The summed E-state index contributed by atoms with van der Waals surface area (Å²) in [5.74, 6) is -0.788. The van der Waals surface area contributed by atoms with Crippen LogP contribution in [0.25, 0.3) is 11.0 Å². The highest BCUT2D eigenvalue weighted by Crippen LogP contribution is 2.43. The quantitative estimate of drug-likeness (QED) is 0.658. The molecule has 1 aromatic heterocycles. The number of nitrogens with zero attached hydrogens (tertiary/aromatic N) is 1. The van der Waals surface area contributed by atoms with Crippen LogP contribution in [-0.4, -0.2) is 30.2 Å². The van der Waals surface area contributed by atoms with E-state index in [9.17, 15) is 14.9 Å². The second-order valence-electron chi connectivity index (χ2n) is 3.92. The number of rotatable bonds is 5. The van der Waals surface area contributed by atoms with Gasteiger partial charge in [-0.3, -0.25) is 14.9 Å². The molecule has 0 aliphatic heterocycles. The second-order valence-corrected chi connectivity index (χ2v) is 3.92. The number of benzene rings is 1. The highest BCUT2D eigenvalue weighted by molar-refractivity contribution is 5.98. The topological polar surface area (TPSA) is 112 Å². The van der Waals surface area contributed by atoms with Gasteiger partial charge in [-0.15, -0.1) is 0 Å². The first-order valence-corrected chi connectivity index (χ1v) is 5.50. The van der Waals surface area contributed by atoms with Crippen molar-refractivity contribution in [1.82, 2.24) is 0 Å². The van der Waals surface area contributed by atoms with Gasteiger partial charge in [-0.05, 0) is 0 Å². The zero-order valence-corrected chi connectivity index (χ0v) is 10.7. The first kappa shape index (κ1) is 13.7. The molecule has 1 N–H and O–H groups in total. The summed E-state index contributed by atoms with van der Waals surface area (Å²) < 4.78 is 15.4. The normalized spacial score (nSPS) is 10.5. The summed E-state index contributed by atoms with van der Waals surface area (Å²) in [6.45, 7) is 0. The molecule has 1 aromatic carbocycles. The van der Waals surface area contributed by atoms with Crippen LogP contribution in [0.5, 0.6) is 11.5 Å². The van der Waals surface area contributed by atoms with Crippen LogP contribution >= 0.6 is 0 Å². The SMILES string of the molecule is COc1cc([N+](=O)[O-])c2c(CC(=O)O)coc2c1OC. The molecule has 0 amide bonds. The number of methoxy groups -OCH3 is 2. The molecule has 2 rings (SSSR count). The van der Waals surface area contributed by atoms with Crippen LogP contribution in [0.15, 0.2) is 16.7 Å². The molecule has 20 heavy (non-hydrogen) atoms. The molecule has 106 valence electrons. The molecule has 8 nitrogen and oxygen atoms in total. The fraction of sp³-hybridized carbons (Fsp3) is 0.250. The Hall–Kier alpha value is -2.77. The molecular formula is C12H11NO7. The molecule has 0 fully saturated rings. The molecule has 0 atom stereocenters. The van der Waals surface area contributed by atoms with E-state index in [0.717, 1.165) is 0 Å². The van der Waals surface area contributed by atoms with E-state index in [0.29, 0.717) is 0 Å². The van der Waals surface area contributed by atoms with Crippen molar-refractivity contribution in [2.45, 2.75) is 6.42 Å². The van der Waals surface area contributed by atoms with E-state index in [1.807, 2.05) is 0 Å². The lowest BCUT2D eigenvalue weighted by atomic mass is 10.1. The molecule has 8 heteroatoms. The minimum Gasteiger partial charge on any atom is -0.492 e. The summed E-state index contributed by atoms with van der Waals surface area (Å²) in [6.07, 6.45) is 0.789. The average Bonchev–Trinajstić information content (AvgIpc) is 2.79. The van der Waals surface area contributed by atoms with Crippen LogP contribution in [0, 0.1) is 10.1 Å². The van der Waals surface area contributed by atoms with Gasteiger partial charge >= 0.3 is 5.97 Å². The van der Waals surface area contributed by atoms with E-state index >= 15 is 0 Å². The molecule has 1 heterocycles. The molecule has 0 saturated heterocycles. The maximum absolute atomic E-state index is 11.1. The highest BCUT2D eigenvalue weighted by atomic mass is 16.6. The maximum atomic E-state index is 11.1. The minimum atomic E-state index is -1.11. The molecule has 0 aliphatic rings. The third-order valence-electron chi connectivity index (χ3n) is 2.78. The van der Waals surface area contributed by atoms with Crippen LogP contribution in [-0.2, 0) is 11.2 Å². The lowest BCUT2D eigenvalue weighted by Gasteiger charge is -2.08. The largest absolute Gasteiger partial charge is 0.492 e. The summed E-state index contributed by atoms with van der Waals surface area (Å²) in [4.78, 5) is 21.3. The summed E-state index contributed by atoms with van der Waals surface area (Å²) in [7, 11) is 2.71. The molecule has 0 unspecified atom stereocenters. The van der Waals surface area contributed by atoms with Gasteiger partial charge in [0.1, 0.15) is 5.39 Å². The second kappa shape index (κ2) is 5.08. The number of carboxylic acids is 1. The van der Waals surface area contributed by atoms with Gasteiger partial charge in [-0.1, -0.05) is 0 Å². The molecule has 0 bridgehead atoms. The van der Waals surface area contributed by atoms with Gasteiger partial charge in [-0.2, -0.15) is 0 Å². The van der Waals surface area contributed by atoms with Crippen molar-refractivity contribution < 1.29 is 28.7 Å². The van der Waals surface area contributed by atoms with Gasteiger partial charge in [0.2, 0.25) is 5.75 Å². The van der Waals surface area contributed by atoms with Gasteiger partial charge in [0.15, 0.2) is 11.3 Å². The van der Waals surface area contributed by atoms with E-state index in [1.54, 1.807) is 0 Å². The predicted octanol–water partition coefficient (Wildman–Crippen LogP) is 1.99. The van der Waals surface area contributed by atoms with Crippen LogP contribution in [0.1, 0.15) is 5.56 Å². The summed E-state index contributed by atoms with van der Waals surface area (Å²) >= 11 is 0. The molecule has 2 aromatic rings. The van der Waals surface area contributed by atoms with Gasteiger partial charge in [-0.25, -0.2) is 0 Å². The number of carboxylic acid groups (broad SMARTS) is 1. The number of nitro benzene ring substituents is 1. The van der Waals surface area contributed by atoms with Crippen molar-refractivity contribution in [3.8, 4) is 11.5 Å². The summed E-state index contributed by atoms with van der Waals surface area (Å²) in [6, 6.07) is 1.18. The van der Waals surface area contributed by atoms with E-state index < -0.39 is 10.9 Å². The zero-order chi connectivity index (χ0) is 14.9.